The van der Waals surface area contributed by atoms with E-state index < -0.39 is 0 Å². The number of halogens is 1. The maximum absolute atomic E-state index is 11.5. The number of aromatic hydroxyl groups is 1. The van der Waals surface area contributed by atoms with Crippen molar-refractivity contribution in [1.82, 2.24) is 0 Å². The van der Waals surface area contributed by atoms with E-state index in [1.165, 1.54) is 6.08 Å². The summed E-state index contributed by atoms with van der Waals surface area (Å²) >= 11 is 3.28. The van der Waals surface area contributed by atoms with Crippen LogP contribution in [0.5, 0.6) is 5.75 Å². The number of allylic oxidation sites excluding steroid dienone is 2. The van der Waals surface area contributed by atoms with Crippen LogP contribution in [0.25, 0.3) is 0 Å². The van der Waals surface area contributed by atoms with Crippen molar-refractivity contribution in [3.05, 3.63) is 39.9 Å². The van der Waals surface area contributed by atoms with Crippen molar-refractivity contribution in [2.24, 2.45) is 0 Å². The van der Waals surface area contributed by atoms with Gasteiger partial charge < -0.3 is 5.11 Å². The van der Waals surface area contributed by atoms with Gasteiger partial charge in [-0.1, -0.05) is 22.0 Å². The summed E-state index contributed by atoms with van der Waals surface area (Å²) < 4.78 is 0.798. The number of phenolic OH excluding ortho intramolecular Hbond substituents is 1. The van der Waals surface area contributed by atoms with Gasteiger partial charge in [0.25, 0.3) is 0 Å². The maximum Gasteiger partial charge on any atom is 0.189 e. The minimum atomic E-state index is -0.180. The zero-order valence-electron chi connectivity index (χ0n) is 8.04. The van der Waals surface area contributed by atoms with Crippen LogP contribution < -0.4 is 0 Å². The fourth-order valence-corrected chi connectivity index (χ4v) is 1.44. The van der Waals surface area contributed by atoms with Gasteiger partial charge in [-0.15, -0.1) is 0 Å². The summed E-state index contributed by atoms with van der Waals surface area (Å²) in [5.41, 5.74) is 1.02. The van der Waals surface area contributed by atoms with Gasteiger partial charge in [0, 0.05) is 10.0 Å². The topological polar surface area (TPSA) is 37.3 Å². The molecule has 0 spiro atoms. The van der Waals surface area contributed by atoms with Crippen LogP contribution in [0, 0.1) is 6.92 Å². The van der Waals surface area contributed by atoms with Crippen molar-refractivity contribution in [1.29, 1.82) is 0 Å². The zero-order valence-corrected chi connectivity index (χ0v) is 9.63. The van der Waals surface area contributed by atoms with E-state index >= 15 is 0 Å². The second-order valence-corrected chi connectivity index (χ2v) is 3.79. The largest absolute Gasteiger partial charge is 0.507 e. The SMILES string of the molecule is C/C=C\C(=O)c1ccc(Br)c(C)c1O. The van der Waals surface area contributed by atoms with Crippen molar-refractivity contribution < 1.29 is 9.90 Å². The minimum Gasteiger partial charge on any atom is -0.507 e. The predicted molar refractivity (Wildman–Crippen MR) is 59.7 cm³/mol. The molecule has 0 bridgehead atoms. The molecule has 0 heterocycles. The smallest absolute Gasteiger partial charge is 0.189 e. The van der Waals surface area contributed by atoms with Crippen LogP contribution in [0.4, 0.5) is 0 Å². The molecule has 0 fully saturated rings. The lowest BCUT2D eigenvalue weighted by Gasteiger charge is -2.05. The predicted octanol–water partition coefficient (Wildman–Crippen LogP) is 3.22. The lowest BCUT2D eigenvalue weighted by molar-refractivity contribution is 0.104. The van der Waals surface area contributed by atoms with Crippen LogP contribution in [0.2, 0.25) is 0 Å². The van der Waals surface area contributed by atoms with E-state index in [-0.39, 0.29) is 11.5 Å². The first-order valence-corrected chi connectivity index (χ1v) is 5.02. The summed E-state index contributed by atoms with van der Waals surface area (Å²) in [6.07, 6.45) is 3.08. The molecule has 0 aliphatic carbocycles. The molecule has 3 heteroatoms. The highest BCUT2D eigenvalue weighted by Gasteiger charge is 2.11. The number of hydrogen-bond acceptors (Lipinski definition) is 2. The van der Waals surface area contributed by atoms with Gasteiger partial charge in [-0.25, -0.2) is 0 Å². The van der Waals surface area contributed by atoms with E-state index in [1.54, 1.807) is 32.1 Å². The van der Waals surface area contributed by atoms with E-state index in [0.717, 1.165) is 4.47 Å². The average Bonchev–Trinajstić information content (AvgIpc) is 2.15. The molecule has 74 valence electrons. The number of hydrogen-bond donors (Lipinski definition) is 1. The van der Waals surface area contributed by atoms with Gasteiger partial charge in [0.05, 0.1) is 5.56 Å². The van der Waals surface area contributed by atoms with Crippen LogP contribution in [0.3, 0.4) is 0 Å². The molecule has 0 aromatic heterocycles. The Hall–Kier alpha value is -1.09. The molecular formula is C11H11BrO2. The fourth-order valence-electron chi connectivity index (χ4n) is 1.12. The van der Waals surface area contributed by atoms with Gasteiger partial charge in [0.2, 0.25) is 0 Å². The molecule has 0 atom stereocenters. The van der Waals surface area contributed by atoms with Crippen LogP contribution >= 0.6 is 15.9 Å². The maximum atomic E-state index is 11.5. The zero-order chi connectivity index (χ0) is 10.7. The third kappa shape index (κ3) is 2.04. The summed E-state index contributed by atoms with van der Waals surface area (Å²) in [4.78, 5) is 11.5. The Bertz CT molecular complexity index is 395. The lowest BCUT2D eigenvalue weighted by Crippen LogP contribution is -1.96. The van der Waals surface area contributed by atoms with Gasteiger partial charge in [-0.2, -0.15) is 0 Å². The molecule has 0 amide bonds. The Balaban J connectivity index is 3.24. The third-order valence-corrected chi connectivity index (χ3v) is 2.81. The Kier molecular flexibility index (Phi) is 3.47. The Labute approximate surface area is 91.4 Å². The first-order valence-electron chi connectivity index (χ1n) is 4.23. The lowest BCUT2D eigenvalue weighted by atomic mass is 10.1. The number of phenols is 1. The highest BCUT2D eigenvalue weighted by atomic mass is 79.9. The monoisotopic (exact) mass is 254 g/mol. The van der Waals surface area contributed by atoms with E-state index in [4.69, 9.17) is 0 Å². The normalized spacial score (nSPS) is 10.8. The first-order chi connectivity index (χ1) is 6.57. The summed E-state index contributed by atoms with van der Waals surface area (Å²) in [5, 5.41) is 9.69. The summed E-state index contributed by atoms with van der Waals surface area (Å²) in [6, 6.07) is 3.36. The van der Waals surface area contributed by atoms with E-state index in [2.05, 4.69) is 15.9 Å². The molecule has 1 N–H and O–H groups in total. The van der Waals surface area contributed by atoms with Crippen molar-refractivity contribution in [3.8, 4) is 5.75 Å². The van der Waals surface area contributed by atoms with Gasteiger partial charge >= 0.3 is 0 Å². The molecule has 0 unspecified atom stereocenters. The molecule has 0 aliphatic heterocycles. The molecule has 1 rings (SSSR count). The highest BCUT2D eigenvalue weighted by Crippen LogP contribution is 2.29. The van der Waals surface area contributed by atoms with Crippen LogP contribution in [-0.2, 0) is 0 Å². The Morgan fingerprint density at radius 3 is 2.71 bits per heavy atom. The van der Waals surface area contributed by atoms with Crippen molar-refractivity contribution in [2.75, 3.05) is 0 Å². The summed E-state index contributed by atoms with van der Waals surface area (Å²) in [5.74, 6) is -0.136. The van der Waals surface area contributed by atoms with Gasteiger partial charge in [0.15, 0.2) is 5.78 Å². The van der Waals surface area contributed by atoms with Crippen molar-refractivity contribution in [3.63, 3.8) is 0 Å². The van der Waals surface area contributed by atoms with Gasteiger partial charge in [-0.3, -0.25) is 4.79 Å². The minimum absolute atomic E-state index is 0.0440. The number of carbonyl (C=O) groups excluding carboxylic acids is 1. The Morgan fingerprint density at radius 2 is 2.14 bits per heavy atom. The van der Waals surface area contributed by atoms with Crippen LogP contribution in [0.1, 0.15) is 22.8 Å². The van der Waals surface area contributed by atoms with E-state index in [1.807, 2.05) is 0 Å². The van der Waals surface area contributed by atoms with Crippen molar-refractivity contribution in [2.45, 2.75) is 13.8 Å². The first kappa shape index (κ1) is 11.0. The molecule has 2 nitrogen and oxygen atoms in total. The standard InChI is InChI=1S/C11H11BrO2/c1-3-4-10(13)8-5-6-9(12)7(2)11(8)14/h3-6,14H,1-2H3/b4-3-. The van der Waals surface area contributed by atoms with Crippen molar-refractivity contribution >= 4 is 21.7 Å². The molecule has 0 aliphatic rings. The molecule has 0 saturated carbocycles. The number of benzene rings is 1. The highest BCUT2D eigenvalue weighted by molar-refractivity contribution is 9.10. The van der Waals surface area contributed by atoms with Gasteiger partial charge in [-0.05, 0) is 32.1 Å². The summed E-state index contributed by atoms with van der Waals surface area (Å²) in [7, 11) is 0. The molecule has 14 heavy (non-hydrogen) atoms. The quantitative estimate of drug-likeness (QED) is 0.650. The van der Waals surface area contributed by atoms with Gasteiger partial charge in [0.1, 0.15) is 5.75 Å². The van der Waals surface area contributed by atoms with Crippen LogP contribution in [-0.4, -0.2) is 10.9 Å². The fraction of sp³-hybridized carbons (Fsp3) is 0.182. The second kappa shape index (κ2) is 4.42. The third-order valence-electron chi connectivity index (χ3n) is 1.95. The van der Waals surface area contributed by atoms with E-state index in [9.17, 15) is 9.90 Å². The molecule has 1 aromatic rings. The number of carbonyl (C=O) groups is 1. The second-order valence-electron chi connectivity index (χ2n) is 2.93. The van der Waals surface area contributed by atoms with Crippen LogP contribution in [0.15, 0.2) is 28.8 Å². The molecular weight excluding hydrogens is 244 g/mol. The molecule has 0 radical (unpaired) electrons. The average molecular weight is 255 g/mol. The molecule has 0 saturated heterocycles. The number of ketones is 1. The number of rotatable bonds is 2. The van der Waals surface area contributed by atoms with E-state index in [0.29, 0.717) is 11.1 Å². The Morgan fingerprint density at radius 1 is 1.50 bits per heavy atom. The summed E-state index contributed by atoms with van der Waals surface area (Å²) in [6.45, 7) is 3.52. The molecule has 1 aromatic carbocycles.